The van der Waals surface area contributed by atoms with Crippen LogP contribution < -0.4 is 4.74 Å². The van der Waals surface area contributed by atoms with Crippen LogP contribution in [0.25, 0.3) is 0 Å². The first-order valence-electron chi connectivity index (χ1n) is 7.71. The summed E-state index contributed by atoms with van der Waals surface area (Å²) in [6, 6.07) is 6.67. The highest BCUT2D eigenvalue weighted by atomic mass is 16.5. The molecular formula is C17H26O2. The van der Waals surface area contributed by atoms with Gasteiger partial charge in [0, 0.05) is 0 Å². The second-order valence-electron chi connectivity index (χ2n) is 5.52. The molecule has 0 atom stereocenters. The predicted octanol–water partition coefficient (Wildman–Crippen LogP) is 4.06. The number of ether oxygens (including phenoxy) is 1. The Hall–Kier alpha value is -1.02. The molecule has 2 heteroatoms. The van der Waals surface area contributed by atoms with Gasteiger partial charge in [-0.3, -0.25) is 0 Å². The van der Waals surface area contributed by atoms with Gasteiger partial charge in [-0.15, -0.1) is 0 Å². The third-order valence-corrected chi connectivity index (χ3v) is 4.03. The molecule has 1 fully saturated rings. The summed E-state index contributed by atoms with van der Waals surface area (Å²) in [4.78, 5) is 0. The molecule has 1 aromatic rings. The molecule has 0 amide bonds. The van der Waals surface area contributed by atoms with Gasteiger partial charge in [0.1, 0.15) is 12.4 Å². The van der Waals surface area contributed by atoms with Gasteiger partial charge in [0.05, 0.1) is 6.61 Å². The lowest BCUT2D eigenvalue weighted by molar-refractivity contribution is 0.200. The number of hydrogen-bond acceptors (Lipinski definition) is 2. The Kier molecular flexibility index (Phi) is 5.71. The van der Waals surface area contributed by atoms with E-state index in [4.69, 9.17) is 9.84 Å². The maximum absolute atomic E-state index is 8.88. The molecular weight excluding hydrogens is 236 g/mol. The van der Waals surface area contributed by atoms with E-state index in [1.807, 2.05) is 0 Å². The molecule has 106 valence electrons. The average Bonchev–Trinajstić information content (AvgIpc) is 2.47. The number of aryl methyl sites for hydroxylation is 1. The van der Waals surface area contributed by atoms with Gasteiger partial charge in [0.15, 0.2) is 0 Å². The molecule has 0 spiro atoms. The molecule has 1 saturated carbocycles. The van der Waals surface area contributed by atoms with Gasteiger partial charge < -0.3 is 9.84 Å². The van der Waals surface area contributed by atoms with Crippen LogP contribution in [0.3, 0.4) is 0 Å². The molecule has 1 aliphatic carbocycles. The fourth-order valence-electron chi connectivity index (χ4n) is 3.05. The minimum atomic E-state index is 0.0793. The average molecular weight is 262 g/mol. The normalized spacial score (nSPS) is 16.5. The summed E-state index contributed by atoms with van der Waals surface area (Å²) >= 11 is 0. The minimum Gasteiger partial charge on any atom is -0.491 e. The van der Waals surface area contributed by atoms with Crippen LogP contribution in [-0.2, 0) is 6.42 Å². The number of hydrogen-bond donors (Lipinski definition) is 1. The van der Waals surface area contributed by atoms with Crippen LogP contribution in [-0.4, -0.2) is 18.3 Å². The molecule has 19 heavy (non-hydrogen) atoms. The summed E-state index contributed by atoms with van der Waals surface area (Å²) in [7, 11) is 0. The van der Waals surface area contributed by atoms with Crippen molar-refractivity contribution in [2.24, 2.45) is 0 Å². The maximum atomic E-state index is 8.88. The SMILES string of the molecule is CCCc1cc(C2CCCCC2)ccc1OCCO. The summed E-state index contributed by atoms with van der Waals surface area (Å²) in [6.45, 7) is 2.67. The van der Waals surface area contributed by atoms with E-state index in [0.717, 1.165) is 24.5 Å². The lowest BCUT2D eigenvalue weighted by Gasteiger charge is -2.23. The fourth-order valence-corrected chi connectivity index (χ4v) is 3.05. The summed E-state index contributed by atoms with van der Waals surface area (Å²) < 4.78 is 5.63. The molecule has 0 bridgehead atoms. The second-order valence-corrected chi connectivity index (χ2v) is 5.52. The Bertz CT molecular complexity index is 381. The number of aliphatic hydroxyl groups is 1. The van der Waals surface area contributed by atoms with E-state index >= 15 is 0 Å². The molecule has 2 nitrogen and oxygen atoms in total. The van der Waals surface area contributed by atoms with E-state index in [9.17, 15) is 0 Å². The first-order valence-corrected chi connectivity index (χ1v) is 7.71. The Labute approximate surface area is 116 Å². The molecule has 1 aromatic carbocycles. The lowest BCUT2D eigenvalue weighted by Crippen LogP contribution is -2.07. The highest BCUT2D eigenvalue weighted by Gasteiger charge is 2.16. The third-order valence-electron chi connectivity index (χ3n) is 4.03. The lowest BCUT2D eigenvalue weighted by atomic mass is 9.83. The number of benzene rings is 1. The van der Waals surface area contributed by atoms with E-state index < -0.39 is 0 Å². The van der Waals surface area contributed by atoms with E-state index in [-0.39, 0.29) is 6.61 Å². The van der Waals surface area contributed by atoms with Crippen molar-refractivity contribution in [2.75, 3.05) is 13.2 Å². The van der Waals surface area contributed by atoms with Crippen molar-refractivity contribution in [1.82, 2.24) is 0 Å². The number of rotatable bonds is 6. The van der Waals surface area contributed by atoms with Gasteiger partial charge in [-0.1, -0.05) is 44.7 Å². The number of aliphatic hydroxyl groups excluding tert-OH is 1. The van der Waals surface area contributed by atoms with Gasteiger partial charge in [0.25, 0.3) is 0 Å². The summed E-state index contributed by atoms with van der Waals surface area (Å²) in [5.41, 5.74) is 2.79. The quantitative estimate of drug-likeness (QED) is 0.837. The van der Waals surface area contributed by atoms with Crippen LogP contribution >= 0.6 is 0 Å². The Morgan fingerprint density at radius 3 is 2.68 bits per heavy atom. The zero-order valence-electron chi connectivity index (χ0n) is 12.0. The van der Waals surface area contributed by atoms with Gasteiger partial charge in [-0.2, -0.15) is 0 Å². The van der Waals surface area contributed by atoms with Crippen molar-refractivity contribution >= 4 is 0 Å². The molecule has 0 saturated heterocycles. The van der Waals surface area contributed by atoms with Crippen molar-refractivity contribution in [1.29, 1.82) is 0 Å². The maximum Gasteiger partial charge on any atom is 0.122 e. The molecule has 0 radical (unpaired) electrons. The molecule has 0 unspecified atom stereocenters. The summed E-state index contributed by atoms with van der Waals surface area (Å²) in [5, 5.41) is 8.88. The van der Waals surface area contributed by atoms with Gasteiger partial charge in [-0.05, 0) is 42.4 Å². The van der Waals surface area contributed by atoms with E-state index in [2.05, 4.69) is 25.1 Å². The Balaban J connectivity index is 2.14. The molecule has 1 aliphatic rings. The van der Waals surface area contributed by atoms with Crippen molar-refractivity contribution in [2.45, 2.75) is 57.8 Å². The Morgan fingerprint density at radius 1 is 1.21 bits per heavy atom. The first-order chi connectivity index (χ1) is 9.35. The highest BCUT2D eigenvalue weighted by Crippen LogP contribution is 2.34. The van der Waals surface area contributed by atoms with Crippen LogP contribution in [0.1, 0.15) is 62.5 Å². The topological polar surface area (TPSA) is 29.5 Å². The minimum absolute atomic E-state index is 0.0793. The first kappa shape index (κ1) is 14.4. The smallest absolute Gasteiger partial charge is 0.122 e. The zero-order chi connectivity index (χ0) is 13.5. The molecule has 2 rings (SSSR count). The zero-order valence-corrected chi connectivity index (χ0v) is 12.0. The van der Waals surface area contributed by atoms with Crippen molar-refractivity contribution in [3.63, 3.8) is 0 Å². The summed E-state index contributed by atoms with van der Waals surface area (Å²) in [6.07, 6.45) is 9.00. The highest BCUT2D eigenvalue weighted by molar-refractivity contribution is 5.39. The summed E-state index contributed by atoms with van der Waals surface area (Å²) in [5.74, 6) is 1.70. The van der Waals surface area contributed by atoms with Crippen molar-refractivity contribution in [3.05, 3.63) is 29.3 Å². The monoisotopic (exact) mass is 262 g/mol. The largest absolute Gasteiger partial charge is 0.491 e. The third kappa shape index (κ3) is 3.97. The van der Waals surface area contributed by atoms with Crippen molar-refractivity contribution < 1.29 is 9.84 Å². The van der Waals surface area contributed by atoms with Gasteiger partial charge >= 0.3 is 0 Å². The second kappa shape index (κ2) is 7.54. The molecule has 0 aromatic heterocycles. The molecule has 0 heterocycles. The molecule has 1 N–H and O–H groups in total. The van der Waals surface area contributed by atoms with Crippen molar-refractivity contribution in [3.8, 4) is 5.75 Å². The van der Waals surface area contributed by atoms with Crippen LogP contribution in [0.15, 0.2) is 18.2 Å². The van der Waals surface area contributed by atoms with E-state index in [1.54, 1.807) is 0 Å². The predicted molar refractivity (Wildman–Crippen MR) is 78.8 cm³/mol. The Morgan fingerprint density at radius 2 is 2.00 bits per heavy atom. The van der Waals surface area contributed by atoms with Crippen LogP contribution in [0.2, 0.25) is 0 Å². The van der Waals surface area contributed by atoms with Gasteiger partial charge in [-0.25, -0.2) is 0 Å². The van der Waals surface area contributed by atoms with Gasteiger partial charge in [0.2, 0.25) is 0 Å². The van der Waals surface area contributed by atoms with Crippen LogP contribution in [0.4, 0.5) is 0 Å². The van der Waals surface area contributed by atoms with Crippen LogP contribution in [0.5, 0.6) is 5.75 Å². The van der Waals surface area contributed by atoms with E-state index in [0.29, 0.717) is 6.61 Å². The van der Waals surface area contributed by atoms with Crippen LogP contribution in [0, 0.1) is 0 Å². The van der Waals surface area contributed by atoms with E-state index in [1.165, 1.54) is 43.2 Å². The molecule has 0 aliphatic heterocycles. The fraction of sp³-hybridized carbons (Fsp3) is 0.647. The standard InChI is InChI=1S/C17H26O2/c1-2-6-16-13-15(14-7-4-3-5-8-14)9-10-17(16)19-12-11-18/h9-10,13-14,18H,2-8,11-12H2,1H3.